The molecule has 0 spiro atoms. The molecule has 3 aromatic rings. The van der Waals surface area contributed by atoms with E-state index >= 15 is 0 Å². The Bertz CT molecular complexity index is 1130. The summed E-state index contributed by atoms with van der Waals surface area (Å²) in [5.74, 6) is 1.25. The zero-order valence-corrected chi connectivity index (χ0v) is 17.5. The first-order chi connectivity index (χ1) is 14.9. The highest BCUT2D eigenvalue weighted by Crippen LogP contribution is 2.34. The Morgan fingerprint density at radius 3 is 1.52 bits per heavy atom. The summed E-state index contributed by atoms with van der Waals surface area (Å²) in [5.41, 5.74) is 3.01. The predicted molar refractivity (Wildman–Crippen MR) is 122 cm³/mol. The maximum Gasteiger partial charge on any atom is 0.165 e. The van der Waals surface area contributed by atoms with Gasteiger partial charge in [0, 0.05) is 5.56 Å². The van der Waals surface area contributed by atoms with Crippen LogP contribution in [0.1, 0.15) is 22.3 Å². The highest BCUT2D eigenvalue weighted by Gasteiger charge is 2.08. The van der Waals surface area contributed by atoms with E-state index in [4.69, 9.17) is 14.2 Å². The Morgan fingerprint density at radius 1 is 0.548 bits per heavy atom. The van der Waals surface area contributed by atoms with Gasteiger partial charge in [-0.25, -0.2) is 0 Å². The maximum absolute atomic E-state index is 10.5. The van der Waals surface area contributed by atoms with Crippen LogP contribution in [0.15, 0.2) is 48.5 Å². The van der Waals surface area contributed by atoms with Crippen LogP contribution in [0.2, 0.25) is 0 Å². The zero-order chi connectivity index (χ0) is 22.4. The van der Waals surface area contributed by atoms with E-state index in [2.05, 4.69) is 0 Å². The van der Waals surface area contributed by atoms with E-state index in [9.17, 15) is 15.3 Å². The van der Waals surface area contributed by atoms with Crippen LogP contribution in [0.25, 0.3) is 24.3 Å². The molecule has 0 aliphatic carbocycles. The third-order valence-corrected chi connectivity index (χ3v) is 4.68. The van der Waals surface area contributed by atoms with Gasteiger partial charge in [0.25, 0.3) is 0 Å². The third kappa shape index (κ3) is 5.11. The molecule has 3 N–H and O–H groups in total. The lowest BCUT2D eigenvalue weighted by atomic mass is 10.0. The maximum atomic E-state index is 10.5. The van der Waals surface area contributed by atoms with Crippen LogP contribution in [0.5, 0.6) is 34.5 Å². The molecular formula is C25H24O6. The van der Waals surface area contributed by atoms with Crippen LogP contribution in [0.3, 0.4) is 0 Å². The lowest BCUT2D eigenvalue weighted by molar-refractivity contribution is 0.373. The monoisotopic (exact) mass is 420 g/mol. The van der Waals surface area contributed by atoms with Gasteiger partial charge < -0.3 is 29.5 Å². The minimum Gasteiger partial charge on any atom is -0.504 e. The van der Waals surface area contributed by atoms with E-state index in [1.54, 1.807) is 54.6 Å². The first-order valence-electron chi connectivity index (χ1n) is 9.46. The molecule has 3 aromatic carbocycles. The Morgan fingerprint density at radius 2 is 1.00 bits per heavy atom. The molecule has 0 saturated heterocycles. The molecule has 0 heterocycles. The summed E-state index contributed by atoms with van der Waals surface area (Å²) in [4.78, 5) is 0. The summed E-state index contributed by atoms with van der Waals surface area (Å²) in [6.07, 6.45) is 7.29. The van der Waals surface area contributed by atoms with Crippen molar-refractivity contribution in [1.29, 1.82) is 0 Å². The summed E-state index contributed by atoms with van der Waals surface area (Å²) < 4.78 is 15.6. The molecule has 31 heavy (non-hydrogen) atoms. The Kier molecular flexibility index (Phi) is 6.72. The Labute approximate surface area is 180 Å². The van der Waals surface area contributed by atoms with Crippen molar-refractivity contribution in [3.8, 4) is 34.5 Å². The smallest absolute Gasteiger partial charge is 0.165 e. The number of methoxy groups -OCH3 is 3. The van der Waals surface area contributed by atoms with Crippen LogP contribution in [-0.4, -0.2) is 36.6 Å². The average molecular weight is 420 g/mol. The number of aromatic hydroxyl groups is 3. The van der Waals surface area contributed by atoms with Gasteiger partial charge in [-0.2, -0.15) is 0 Å². The van der Waals surface area contributed by atoms with Crippen LogP contribution >= 0.6 is 0 Å². The van der Waals surface area contributed by atoms with Crippen molar-refractivity contribution in [2.75, 3.05) is 21.3 Å². The summed E-state index contributed by atoms with van der Waals surface area (Å²) >= 11 is 0. The molecule has 6 nitrogen and oxygen atoms in total. The fourth-order valence-corrected chi connectivity index (χ4v) is 3.00. The lowest BCUT2D eigenvalue weighted by Crippen LogP contribution is -1.88. The molecule has 160 valence electrons. The molecule has 0 aliphatic heterocycles. The van der Waals surface area contributed by atoms with E-state index in [1.165, 1.54) is 21.3 Å². The molecule has 0 bridgehead atoms. The number of ether oxygens (including phenoxy) is 3. The minimum atomic E-state index is 0.0212. The van der Waals surface area contributed by atoms with Crippen molar-refractivity contribution >= 4 is 24.3 Å². The van der Waals surface area contributed by atoms with Gasteiger partial charge in [-0.15, -0.1) is 0 Å². The summed E-state index contributed by atoms with van der Waals surface area (Å²) in [6.45, 7) is 0. The largest absolute Gasteiger partial charge is 0.504 e. The zero-order valence-electron chi connectivity index (χ0n) is 17.5. The van der Waals surface area contributed by atoms with E-state index in [1.807, 2.05) is 18.2 Å². The molecule has 3 rings (SSSR count). The van der Waals surface area contributed by atoms with Gasteiger partial charge in [0.05, 0.1) is 21.3 Å². The van der Waals surface area contributed by atoms with Crippen molar-refractivity contribution in [3.63, 3.8) is 0 Å². The summed E-state index contributed by atoms with van der Waals surface area (Å²) in [5, 5.41) is 30.0. The van der Waals surface area contributed by atoms with Gasteiger partial charge in [0.15, 0.2) is 34.5 Å². The lowest BCUT2D eigenvalue weighted by Gasteiger charge is -2.09. The topological polar surface area (TPSA) is 88.4 Å². The number of phenolic OH excluding ortho intramolecular Hbond substituents is 3. The van der Waals surface area contributed by atoms with Gasteiger partial charge in [0.2, 0.25) is 0 Å². The van der Waals surface area contributed by atoms with Gasteiger partial charge in [-0.1, -0.05) is 36.4 Å². The van der Waals surface area contributed by atoms with Gasteiger partial charge in [0.1, 0.15) is 0 Å². The van der Waals surface area contributed by atoms with Crippen molar-refractivity contribution < 1.29 is 29.5 Å². The number of phenols is 3. The molecule has 0 atom stereocenters. The number of benzene rings is 3. The van der Waals surface area contributed by atoms with E-state index in [0.717, 1.165) is 16.7 Å². The van der Waals surface area contributed by atoms with Gasteiger partial charge in [-0.05, 0) is 53.1 Å². The van der Waals surface area contributed by atoms with Crippen LogP contribution in [0, 0.1) is 0 Å². The highest BCUT2D eigenvalue weighted by atomic mass is 16.5. The molecular weight excluding hydrogens is 396 g/mol. The van der Waals surface area contributed by atoms with Crippen molar-refractivity contribution in [2.45, 2.75) is 0 Å². The van der Waals surface area contributed by atoms with Gasteiger partial charge >= 0.3 is 0 Å². The summed E-state index contributed by atoms with van der Waals surface area (Å²) in [7, 11) is 4.47. The normalized spacial score (nSPS) is 11.2. The minimum absolute atomic E-state index is 0.0212. The first kappa shape index (κ1) is 21.6. The molecule has 0 radical (unpaired) electrons. The van der Waals surface area contributed by atoms with Crippen LogP contribution in [0.4, 0.5) is 0 Å². The highest BCUT2D eigenvalue weighted by molar-refractivity contribution is 5.79. The third-order valence-electron chi connectivity index (χ3n) is 4.68. The average Bonchev–Trinajstić information content (AvgIpc) is 2.79. The molecule has 0 aromatic heterocycles. The van der Waals surface area contributed by atoms with E-state index in [-0.39, 0.29) is 17.2 Å². The Balaban J connectivity index is 1.92. The van der Waals surface area contributed by atoms with Crippen molar-refractivity contribution in [1.82, 2.24) is 0 Å². The van der Waals surface area contributed by atoms with E-state index in [0.29, 0.717) is 22.8 Å². The first-order valence-corrected chi connectivity index (χ1v) is 9.46. The van der Waals surface area contributed by atoms with Crippen molar-refractivity contribution in [3.05, 3.63) is 70.8 Å². The molecule has 0 unspecified atom stereocenters. The van der Waals surface area contributed by atoms with E-state index < -0.39 is 0 Å². The fourth-order valence-electron chi connectivity index (χ4n) is 3.00. The Hall–Kier alpha value is -4.06. The fraction of sp³-hybridized carbons (Fsp3) is 0.120. The second kappa shape index (κ2) is 9.63. The van der Waals surface area contributed by atoms with Crippen LogP contribution in [-0.2, 0) is 0 Å². The second-order valence-corrected chi connectivity index (χ2v) is 6.69. The summed E-state index contributed by atoms with van der Waals surface area (Å²) in [6, 6.07) is 13.6. The van der Waals surface area contributed by atoms with Gasteiger partial charge in [-0.3, -0.25) is 0 Å². The number of hydrogen-bond acceptors (Lipinski definition) is 6. The second-order valence-electron chi connectivity index (χ2n) is 6.69. The number of rotatable bonds is 7. The molecule has 0 amide bonds. The number of hydrogen-bond donors (Lipinski definition) is 3. The standard InChI is InChI=1S/C25H24O6/c1-29-22-13-16(7-10-20(22)26)4-5-18-12-19(25(28)24(15-18)31-3)9-6-17-8-11-21(27)23(14-17)30-2/h4-15,26-28H,1-3H3. The molecule has 0 fully saturated rings. The predicted octanol–water partition coefficient (Wildman–Crippen LogP) is 5.17. The molecule has 0 saturated carbocycles. The SMILES string of the molecule is COc1cc(C=Cc2cc(C=Cc3ccc(O)c(OC)c3)c(O)c(OC)c2)ccc1O. The quantitative estimate of drug-likeness (QED) is 0.457. The molecule has 6 heteroatoms. The van der Waals surface area contributed by atoms with Crippen molar-refractivity contribution in [2.24, 2.45) is 0 Å². The van der Waals surface area contributed by atoms with Crippen LogP contribution < -0.4 is 14.2 Å². The molecule has 0 aliphatic rings.